The average molecular weight is 356 g/mol. The average Bonchev–Trinajstić information content (AvgIpc) is 2.63. The number of ether oxygens (including phenoxy) is 1. The minimum atomic E-state index is -0.556. The maximum atomic E-state index is 12.2. The van der Waals surface area contributed by atoms with Gasteiger partial charge in [-0.3, -0.25) is 19.7 Å². The molecule has 0 fully saturated rings. The molecule has 0 radical (unpaired) electrons. The van der Waals surface area contributed by atoms with Crippen LogP contribution < -0.4 is 5.32 Å². The molecular formula is C19H20N2O5. The van der Waals surface area contributed by atoms with Gasteiger partial charge in [0.05, 0.1) is 10.8 Å². The summed E-state index contributed by atoms with van der Waals surface area (Å²) in [6.45, 7) is 3.02. The third-order valence-electron chi connectivity index (χ3n) is 3.93. The van der Waals surface area contributed by atoms with Gasteiger partial charge in [0, 0.05) is 17.3 Å². The van der Waals surface area contributed by atoms with Crippen LogP contribution in [0.2, 0.25) is 0 Å². The predicted octanol–water partition coefficient (Wildman–Crippen LogP) is 3.58. The van der Waals surface area contributed by atoms with Gasteiger partial charge < -0.3 is 10.1 Å². The first kappa shape index (κ1) is 19.1. The van der Waals surface area contributed by atoms with Gasteiger partial charge in [-0.2, -0.15) is 0 Å². The molecule has 0 bridgehead atoms. The molecule has 0 spiro atoms. The summed E-state index contributed by atoms with van der Waals surface area (Å²) >= 11 is 0. The Bertz CT molecular complexity index is 805. The molecule has 0 aliphatic carbocycles. The summed E-state index contributed by atoms with van der Waals surface area (Å²) in [5, 5.41) is 13.4. The minimum absolute atomic E-state index is 0.0880. The normalized spacial score (nSPS) is 11.5. The summed E-state index contributed by atoms with van der Waals surface area (Å²) in [7, 11) is 0. The van der Waals surface area contributed by atoms with Crippen molar-refractivity contribution in [1.82, 2.24) is 0 Å². The van der Waals surface area contributed by atoms with E-state index < -0.39 is 29.3 Å². The maximum Gasteiger partial charge on any atom is 0.313 e. The highest BCUT2D eigenvalue weighted by Crippen LogP contribution is 2.23. The first-order valence-electron chi connectivity index (χ1n) is 8.18. The Morgan fingerprint density at radius 1 is 1.19 bits per heavy atom. The Hall–Kier alpha value is -3.22. The lowest BCUT2D eigenvalue weighted by Crippen LogP contribution is -2.24. The van der Waals surface area contributed by atoms with Crippen molar-refractivity contribution >= 4 is 23.3 Å². The highest BCUT2D eigenvalue weighted by molar-refractivity contribution is 5.93. The Kier molecular flexibility index (Phi) is 6.43. The monoisotopic (exact) mass is 356 g/mol. The summed E-state index contributed by atoms with van der Waals surface area (Å²) in [6.07, 6.45) is 0.550. The zero-order valence-corrected chi connectivity index (χ0v) is 14.6. The number of rotatable bonds is 7. The summed E-state index contributed by atoms with van der Waals surface area (Å²) in [6, 6.07) is 13.6. The smallest absolute Gasteiger partial charge is 0.313 e. The highest BCUT2D eigenvalue weighted by atomic mass is 16.6. The van der Waals surface area contributed by atoms with Crippen LogP contribution in [0.3, 0.4) is 0 Å². The molecule has 7 heteroatoms. The number of nitro groups is 1. The lowest BCUT2D eigenvalue weighted by Gasteiger charge is -2.14. The molecule has 2 rings (SSSR count). The number of aryl methyl sites for hydroxylation is 1. The lowest BCUT2D eigenvalue weighted by molar-refractivity contribution is -0.385. The van der Waals surface area contributed by atoms with Gasteiger partial charge in [-0.15, -0.1) is 0 Å². The molecule has 0 unspecified atom stereocenters. The largest absolute Gasteiger partial charge is 0.455 e. The van der Waals surface area contributed by atoms with E-state index in [2.05, 4.69) is 5.32 Å². The molecule has 0 aliphatic rings. The second kappa shape index (κ2) is 8.75. The molecule has 0 heterocycles. The summed E-state index contributed by atoms with van der Waals surface area (Å²) in [4.78, 5) is 34.6. The summed E-state index contributed by atoms with van der Waals surface area (Å²) in [5.74, 6) is -1.48. The quantitative estimate of drug-likeness (QED) is 0.464. The maximum absolute atomic E-state index is 12.2. The van der Waals surface area contributed by atoms with Gasteiger partial charge in [0.1, 0.15) is 0 Å². The van der Waals surface area contributed by atoms with Gasteiger partial charge in [-0.1, -0.05) is 43.3 Å². The predicted molar refractivity (Wildman–Crippen MR) is 96.9 cm³/mol. The van der Waals surface area contributed by atoms with Gasteiger partial charge in [-0.25, -0.2) is 0 Å². The number of anilines is 1. The van der Waals surface area contributed by atoms with Crippen molar-refractivity contribution in [3.63, 3.8) is 0 Å². The Labute approximate surface area is 151 Å². The van der Waals surface area contributed by atoms with E-state index in [0.717, 1.165) is 5.56 Å². The van der Waals surface area contributed by atoms with Crippen LogP contribution in [0.15, 0.2) is 48.5 Å². The molecule has 0 saturated heterocycles. The van der Waals surface area contributed by atoms with Gasteiger partial charge in [0.15, 0.2) is 6.61 Å². The highest BCUT2D eigenvalue weighted by Gasteiger charge is 2.21. The fraction of sp³-hybridized carbons (Fsp3) is 0.263. The number of amides is 1. The van der Waals surface area contributed by atoms with E-state index >= 15 is 0 Å². The van der Waals surface area contributed by atoms with E-state index in [9.17, 15) is 19.7 Å². The Morgan fingerprint density at radius 2 is 1.88 bits per heavy atom. The van der Waals surface area contributed by atoms with E-state index in [0.29, 0.717) is 12.0 Å². The molecule has 2 aromatic rings. The Balaban J connectivity index is 1.95. The standard InChI is InChI=1S/C19H20N2O5/c1-3-16(14-7-5-4-6-8-14)19(23)26-12-18(22)20-15-10-9-13(2)17(11-15)21(24)25/h4-11,16H,3,12H2,1-2H3,(H,20,22)/t16-/m1/s1. The molecule has 1 N–H and O–H groups in total. The van der Waals surface area contributed by atoms with E-state index in [-0.39, 0.29) is 11.4 Å². The van der Waals surface area contributed by atoms with Gasteiger partial charge >= 0.3 is 5.97 Å². The molecule has 0 saturated carbocycles. The third kappa shape index (κ3) is 4.89. The van der Waals surface area contributed by atoms with Crippen LogP contribution in [-0.2, 0) is 14.3 Å². The van der Waals surface area contributed by atoms with Crippen molar-refractivity contribution < 1.29 is 19.2 Å². The minimum Gasteiger partial charge on any atom is -0.455 e. The van der Waals surface area contributed by atoms with Crippen molar-refractivity contribution in [2.75, 3.05) is 11.9 Å². The lowest BCUT2D eigenvalue weighted by atomic mass is 9.97. The number of hydrogen-bond acceptors (Lipinski definition) is 5. The Morgan fingerprint density at radius 3 is 2.50 bits per heavy atom. The number of carbonyl (C=O) groups excluding carboxylic acids is 2. The third-order valence-corrected chi connectivity index (χ3v) is 3.93. The van der Waals surface area contributed by atoms with Crippen LogP contribution in [0.5, 0.6) is 0 Å². The number of hydrogen-bond donors (Lipinski definition) is 1. The summed E-state index contributed by atoms with van der Waals surface area (Å²) < 4.78 is 5.10. The number of nitro benzene ring substituents is 1. The van der Waals surface area contributed by atoms with Gasteiger partial charge in [0.2, 0.25) is 0 Å². The number of nitrogens with one attached hydrogen (secondary N) is 1. The number of carbonyl (C=O) groups is 2. The first-order valence-corrected chi connectivity index (χ1v) is 8.18. The van der Waals surface area contributed by atoms with Crippen molar-refractivity contribution in [2.45, 2.75) is 26.2 Å². The van der Waals surface area contributed by atoms with Crippen LogP contribution in [0.25, 0.3) is 0 Å². The van der Waals surface area contributed by atoms with Crippen LogP contribution in [0.4, 0.5) is 11.4 Å². The fourth-order valence-corrected chi connectivity index (χ4v) is 2.54. The molecule has 7 nitrogen and oxygen atoms in total. The number of benzene rings is 2. The zero-order chi connectivity index (χ0) is 19.1. The second-order valence-corrected chi connectivity index (χ2v) is 5.79. The van der Waals surface area contributed by atoms with E-state index in [1.54, 1.807) is 19.1 Å². The van der Waals surface area contributed by atoms with E-state index in [1.807, 2.05) is 37.3 Å². The molecule has 1 amide bonds. The fourth-order valence-electron chi connectivity index (χ4n) is 2.54. The van der Waals surface area contributed by atoms with Gasteiger partial charge in [0.25, 0.3) is 11.6 Å². The molecular weight excluding hydrogens is 336 g/mol. The molecule has 2 aromatic carbocycles. The first-order chi connectivity index (χ1) is 12.4. The van der Waals surface area contributed by atoms with E-state index in [1.165, 1.54) is 6.07 Å². The van der Waals surface area contributed by atoms with Crippen molar-refractivity contribution in [3.8, 4) is 0 Å². The molecule has 1 atom stereocenters. The summed E-state index contributed by atoms with van der Waals surface area (Å²) in [5.41, 5.74) is 1.51. The van der Waals surface area contributed by atoms with Crippen LogP contribution in [0, 0.1) is 17.0 Å². The number of nitrogens with zero attached hydrogens (tertiary/aromatic N) is 1. The molecule has 0 aliphatic heterocycles. The molecule has 136 valence electrons. The second-order valence-electron chi connectivity index (χ2n) is 5.79. The van der Waals surface area contributed by atoms with Crippen LogP contribution >= 0.6 is 0 Å². The van der Waals surface area contributed by atoms with Gasteiger partial charge in [-0.05, 0) is 25.0 Å². The zero-order valence-electron chi connectivity index (χ0n) is 14.6. The topological polar surface area (TPSA) is 98.5 Å². The van der Waals surface area contributed by atoms with E-state index in [4.69, 9.17) is 4.74 Å². The van der Waals surface area contributed by atoms with Crippen molar-refractivity contribution in [1.29, 1.82) is 0 Å². The number of esters is 1. The van der Waals surface area contributed by atoms with Crippen molar-refractivity contribution in [2.24, 2.45) is 0 Å². The SMILES string of the molecule is CC[C@@H](C(=O)OCC(=O)Nc1ccc(C)c([N+](=O)[O-])c1)c1ccccc1. The molecule has 26 heavy (non-hydrogen) atoms. The molecule has 0 aromatic heterocycles. The van der Waals surface area contributed by atoms with Crippen molar-refractivity contribution in [3.05, 3.63) is 69.8 Å². The van der Waals surface area contributed by atoms with Crippen LogP contribution in [0.1, 0.15) is 30.4 Å². The van der Waals surface area contributed by atoms with Crippen LogP contribution in [-0.4, -0.2) is 23.4 Å².